The molecule has 11 heavy (non-hydrogen) atoms. The van der Waals surface area contributed by atoms with Crippen molar-refractivity contribution in [3.05, 3.63) is 0 Å². The van der Waals surface area contributed by atoms with Crippen molar-refractivity contribution in [1.82, 2.24) is 14.8 Å². The summed E-state index contributed by atoms with van der Waals surface area (Å²) in [6.45, 7) is 5.95. The van der Waals surface area contributed by atoms with Crippen LogP contribution in [-0.4, -0.2) is 14.8 Å². The monoisotopic (exact) mass is 155 g/mol. The van der Waals surface area contributed by atoms with E-state index in [4.69, 9.17) is 11.5 Å². The summed E-state index contributed by atoms with van der Waals surface area (Å²) in [5.41, 5.74) is 10.7. The molecule has 0 bridgehead atoms. The summed E-state index contributed by atoms with van der Waals surface area (Å²) in [6, 6.07) is 0. The van der Waals surface area contributed by atoms with Gasteiger partial charge in [0.2, 0.25) is 11.9 Å². The van der Waals surface area contributed by atoms with E-state index in [0.717, 1.165) is 0 Å². The number of nitrogens with zero attached hydrogens (tertiary/aromatic N) is 3. The minimum Gasteiger partial charge on any atom is -0.368 e. The van der Waals surface area contributed by atoms with Gasteiger partial charge < -0.3 is 11.5 Å². The number of aromatic nitrogens is 3. The third-order valence-corrected chi connectivity index (χ3v) is 1.28. The molecule has 62 valence electrons. The summed E-state index contributed by atoms with van der Waals surface area (Å²) < 4.78 is 1.60. The Bertz CT molecular complexity index is 256. The van der Waals surface area contributed by atoms with Gasteiger partial charge in [0.05, 0.1) is 5.54 Å². The molecule has 1 rings (SSSR count). The van der Waals surface area contributed by atoms with Gasteiger partial charge in [0.15, 0.2) is 0 Å². The van der Waals surface area contributed by atoms with Gasteiger partial charge in [0.25, 0.3) is 0 Å². The summed E-state index contributed by atoms with van der Waals surface area (Å²) in [4.78, 5) is 3.78. The quantitative estimate of drug-likeness (QED) is 0.560. The lowest BCUT2D eigenvalue weighted by Crippen LogP contribution is -2.24. The second-order valence-electron chi connectivity index (χ2n) is 3.41. The van der Waals surface area contributed by atoms with Gasteiger partial charge in [-0.05, 0) is 20.8 Å². The van der Waals surface area contributed by atoms with Crippen molar-refractivity contribution in [1.29, 1.82) is 0 Å². The van der Waals surface area contributed by atoms with E-state index >= 15 is 0 Å². The zero-order valence-corrected chi connectivity index (χ0v) is 7.00. The lowest BCUT2D eigenvalue weighted by atomic mass is 10.1. The van der Waals surface area contributed by atoms with Crippen LogP contribution in [0.1, 0.15) is 20.8 Å². The molecule has 4 N–H and O–H groups in total. The number of nitrogen functional groups attached to an aromatic ring is 2. The molecule has 0 aliphatic heterocycles. The van der Waals surface area contributed by atoms with Crippen molar-refractivity contribution in [2.24, 2.45) is 0 Å². The van der Waals surface area contributed by atoms with Crippen molar-refractivity contribution in [3.63, 3.8) is 0 Å². The van der Waals surface area contributed by atoms with E-state index in [1.165, 1.54) is 0 Å². The average molecular weight is 155 g/mol. The topological polar surface area (TPSA) is 82.8 Å². The van der Waals surface area contributed by atoms with Crippen LogP contribution < -0.4 is 11.5 Å². The SMILES string of the molecule is CC(C)(C)n1nc(N)nc1N. The predicted octanol–water partition coefficient (Wildman–Crippen LogP) is 0.198. The summed E-state index contributed by atoms with van der Waals surface area (Å²) in [7, 11) is 0. The molecule has 0 aromatic carbocycles. The number of anilines is 2. The first-order valence-electron chi connectivity index (χ1n) is 3.40. The highest BCUT2D eigenvalue weighted by Gasteiger charge is 2.17. The molecular weight excluding hydrogens is 142 g/mol. The van der Waals surface area contributed by atoms with Gasteiger partial charge in [0.1, 0.15) is 0 Å². The Labute approximate surface area is 65.4 Å². The maximum absolute atomic E-state index is 5.54. The molecule has 0 unspecified atom stereocenters. The molecule has 0 saturated heterocycles. The molecule has 0 aliphatic rings. The molecule has 5 heteroatoms. The van der Waals surface area contributed by atoms with E-state index in [1.807, 2.05) is 20.8 Å². The molecular formula is C6H13N5. The number of nitrogens with two attached hydrogens (primary N) is 2. The first kappa shape index (κ1) is 7.84. The van der Waals surface area contributed by atoms with E-state index in [2.05, 4.69) is 10.1 Å². The summed E-state index contributed by atoms with van der Waals surface area (Å²) in [6.07, 6.45) is 0. The maximum atomic E-state index is 5.54. The Kier molecular flexibility index (Phi) is 1.51. The van der Waals surface area contributed by atoms with Crippen molar-refractivity contribution < 1.29 is 0 Å². The summed E-state index contributed by atoms with van der Waals surface area (Å²) >= 11 is 0. The van der Waals surface area contributed by atoms with E-state index in [0.29, 0.717) is 5.95 Å². The molecule has 1 aromatic rings. The molecule has 0 fully saturated rings. The van der Waals surface area contributed by atoms with Gasteiger partial charge in [-0.25, -0.2) is 4.68 Å². The predicted molar refractivity (Wildman–Crippen MR) is 43.8 cm³/mol. The first-order chi connectivity index (χ1) is 4.91. The molecule has 1 heterocycles. The van der Waals surface area contributed by atoms with Crippen molar-refractivity contribution in [2.75, 3.05) is 11.5 Å². The van der Waals surface area contributed by atoms with E-state index in [-0.39, 0.29) is 11.5 Å². The fourth-order valence-electron chi connectivity index (χ4n) is 0.834. The second kappa shape index (κ2) is 2.11. The number of hydrogen-bond acceptors (Lipinski definition) is 4. The highest BCUT2D eigenvalue weighted by molar-refractivity contribution is 5.27. The molecule has 5 nitrogen and oxygen atoms in total. The lowest BCUT2D eigenvalue weighted by Gasteiger charge is -2.18. The molecule has 0 spiro atoms. The van der Waals surface area contributed by atoms with Crippen LogP contribution in [0.2, 0.25) is 0 Å². The van der Waals surface area contributed by atoms with Crippen LogP contribution in [0.3, 0.4) is 0 Å². The third kappa shape index (κ3) is 1.42. The zero-order valence-electron chi connectivity index (χ0n) is 7.00. The molecule has 0 saturated carbocycles. The van der Waals surface area contributed by atoms with Gasteiger partial charge >= 0.3 is 0 Å². The zero-order chi connectivity index (χ0) is 8.65. The maximum Gasteiger partial charge on any atom is 0.241 e. The second-order valence-corrected chi connectivity index (χ2v) is 3.41. The Hall–Kier alpha value is -1.26. The Morgan fingerprint density at radius 1 is 1.27 bits per heavy atom. The Morgan fingerprint density at radius 2 is 1.82 bits per heavy atom. The molecule has 0 radical (unpaired) electrons. The van der Waals surface area contributed by atoms with E-state index in [1.54, 1.807) is 4.68 Å². The van der Waals surface area contributed by atoms with E-state index < -0.39 is 0 Å². The van der Waals surface area contributed by atoms with Crippen LogP contribution in [0.15, 0.2) is 0 Å². The van der Waals surface area contributed by atoms with E-state index in [9.17, 15) is 0 Å². The lowest BCUT2D eigenvalue weighted by molar-refractivity contribution is 0.362. The van der Waals surface area contributed by atoms with Gasteiger partial charge in [-0.15, -0.1) is 5.10 Å². The van der Waals surface area contributed by atoms with Crippen molar-refractivity contribution in [2.45, 2.75) is 26.3 Å². The van der Waals surface area contributed by atoms with Crippen LogP contribution in [-0.2, 0) is 5.54 Å². The number of hydrogen-bond donors (Lipinski definition) is 2. The standard InChI is InChI=1S/C6H13N5/c1-6(2,3)11-5(8)9-4(7)10-11/h1-3H3,(H4,7,8,9,10). The molecule has 1 aromatic heterocycles. The highest BCUT2D eigenvalue weighted by atomic mass is 15.4. The largest absolute Gasteiger partial charge is 0.368 e. The van der Waals surface area contributed by atoms with Crippen molar-refractivity contribution >= 4 is 11.9 Å². The summed E-state index contributed by atoms with van der Waals surface area (Å²) in [5, 5.41) is 3.94. The fraction of sp³-hybridized carbons (Fsp3) is 0.667. The van der Waals surface area contributed by atoms with Crippen LogP contribution >= 0.6 is 0 Å². The van der Waals surface area contributed by atoms with Crippen LogP contribution in [0.5, 0.6) is 0 Å². The molecule has 0 aliphatic carbocycles. The van der Waals surface area contributed by atoms with Gasteiger partial charge in [0, 0.05) is 0 Å². The third-order valence-electron chi connectivity index (χ3n) is 1.28. The molecule has 0 amide bonds. The minimum atomic E-state index is -0.158. The molecule has 0 atom stereocenters. The minimum absolute atomic E-state index is 0.158. The van der Waals surface area contributed by atoms with Gasteiger partial charge in [-0.3, -0.25) is 0 Å². The van der Waals surface area contributed by atoms with Crippen LogP contribution in [0.4, 0.5) is 11.9 Å². The normalized spacial score (nSPS) is 11.9. The Balaban J connectivity index is 3.13. The number of rotatable bonds is 0. The Morgan fingerprint density at radius 3 is 2.00 bits per heavy atom. The summed E-state index contributed by atoms with van der Waals surface area (Å²) in [5.74, 6) is 0.576. The van der Waals surface area contributed by atoms with Crippen molar-refractivity contribution in [3.8, 4) is 0 Å². The average Bonchev–Trinajstić information content (AvgIpc) is 2.08. The first-order valence-corrected chi connectivity index (χ1v) is 3.40. The fourth-order valence-corrected chi connectivity index (χ4v) is 0.834. The van der Waals surface area contributed by atoms with Gasteiger partial charge in [-0.2, -0.15) is 4.98 Å². The smallest absolute Gasteiger partial charge is 0.241 e. The van der Waals surface area contributed by atoms with Gasteiger partial charge in [-0.1, -0.05) is 0 Å². The van der Waals surface area contributed by atoms with Crippen LogP contribution in [0, 0.1) is 0 Å². The highest BCUT2D eigenvalue weighted by Crippen LogP contribution is 2.16. The van der Waals surface area contributed by atoms with Crippen LogP contribution in [0.25, 0.3) is 0 Å².